The largest absolute Gasteiger partial charge is 0.481 e. The van der Waals surface area contributed by atoms with E-state index in [1.807, 2.05) is 0 Å². The highest BCUT2D eigenvalue weighted by atomic mass is 16.4. The topological polar surface area (TPSA) is 78.4 Å². The van der Waals surface area contributed by atoms with Crippen molar-refractivity contribution in [2.45, 2.75) is 51.5 Å². The fraction of sp³-hybridized carbons (Fsp3) is 0.857. The number of carbonyl (C=O) groups is 2. The number of hydrogen-bond donors (Lipinski definition) is 3. The minimum absolute atomic E-state index is 0.0364. The summed E-state index contributed by atoms with van der Waals surface area (Å²) in [6, 6.07) is -0.148. The van der Waals surface area contributed by atoms with E-state index in [1.54, 1.807) is 0 Å². The molecule has 1 aliphatic heterocycles. The molecule has 1 heterocycles. The number of amides is 1. The number of nitrogens with one attached hydrogen (secondary N) is 2. The van der Waals surface area contributed by atoms with E-state index in [-0.39, 0.29) is 18.5 Å². The molecule has 2 fully saturated rings. The monoisotopic (exact) mass is 268 g/mol. The number of carboxylic acids is 1. The highest BCUT2D eigenvalue weighted by molar-refractivity contribution is 5.83. The number of piperidine rings is 1. The zero-order chi connectivity index (χ0) is 13.9. The third-order valence-electron chi connectivity index (χ3n) is 4.77. The van der Waals surface area contributed by atoms with Crippen LogP contribution in [0.5, 0.6) is 0 Å². The summed E-state index contributed by atoms with van der Waals surface area (Å²) in [5, 5.41) is 15.3. The summed E-state index contributed by atoms with van der Waals surface area (Å²) in [6.45, 7) is 3.30. The van der Waals surface area contributed by atoms with Gasteiger partial charge in [0.1, 0.15) is 0 Å². The normalized spacial score (nSPS) is 29.3. The summed E-state index contributed by atoms with van der Waals surface area (Å²) in [7, 11) is 0. The van der Waals surface area contributed by atoms with Crippen molar-refractivity contribution >= 4 is 11.9 Å². The van der Waals surface area contributed by atoms with Crippen LogP contribution in [0.4, 0.5) is 0 Å². The van der Waals surface area contributed by atoms with Gasteiger partial charge in [0.05, 0.1) is 11.5 Å². The molecule has 0 spiro atoms. The molecule has 0 aromatic carbocycles. The van der Waals surface area contributed by atoms with E-state index in [2.05, 4.69) is 17.6 Å². The number of aliphatic carboxylic acids is 1. The quantitative estimate of drug-likeness (QED) is 0.698. The summed E-state index contributed by atoms with van der Waals surface area (Å²) >= 11 is 0. The van der Waals surface area contributed by atoms with Gasteiger partial charge in [-0.05, 0) is 38.1 Å². The molecule has 19 heavy (non-hydrogen) atoms. The SMILES string of the molecule is CCC1CCNC(C(=O)NCC2(C(=O)O)CCC2)C1. The van der Waals surface area contributed by atoms with Gasteiger partial charge in [0, 0.05) is 6.54 Å². The lowest BCUT2D eigenvalue weighted by Crippen LogP contribution is -2.53. The lowest BCUT2D eigenvalue weighted by atomic mass is 9.68. The molecule has 5 heteroatoms. The maximum Gasteiger partial charge on any atom is 0.311 e. The number of carbonyl (C=O) groups excluding carboxylic acids is 1. The first-order valence-electron chi connectivity index (χ1n) is 7.32. The Balaban J connectivity index is 1.82. The second-order valence-corrected chi connectivity index (χ2v) is 5.96. The lowest BCUT2D eigenvalue weighted by Gasteiger charge is -2.38. The van der Waals surface area contributed by atoms with Gasteiger partial charge < -0.3 is 15.7 Å². The Morgan fingerprint density at radius 2 is 2.16 bits per heavy atom. The molecule has 1 amide bonds. The van der Waals surface area contributed by atoms with Gasteiger partial charge in [-0.15, -0.1) is 0 Å². The molecule has 1 saturated heterocycles. The minimum Gasteiger partial charge on any atom is -0.481 e. The standard InChI is InChI=1S/C14H24N2O3/c1-2-10-4-7-15-11(8-10)12(17)16-9-14(13(18)19)5-3-6-14/h10-11,15H,2-9H2,1H3,(H,16,17)(H,18,19). The smallest absolute Gasteiger partial charge is 0.311 e. The Morgan fingerprint density at radius 1 is 1.42 bits per heavy atom. The molecule has 1 aliphatic carbocycles. The summed E-state index contributed by atoms with van der Waals surface area (Å²) in [5.74, 6) is -0.207. The van der Waals surface area contributed by atoms with Crippen LogP contribution in [0.2, 0.25) is 0 Å². The second kappa shape index (κ2) is 5.90. The van der Waals surface area contributed by atoms with E-state index >= 15 is 0 Å². The summed E-state index contributed by atoms with van der Waals surface area (Å²) in [6.07, 6.45) is 5.39. The third-order valence-corrected chi connectivity index (χ3v) is 4.77. The van der Waals surface area contributed by atoms with Crippen LogP contribution < -0.4 is 10.6 Å². The van der Waals surface area contributed by atoms with Crippen molar-refractivity contribution in [3.05, 3.63) is 0 Å². The van der Waals surface area contributed by atoms with Crippen molar-refractivity contribution in [3.63, 3.8) is 0 Å². The molecule has 2 unspecified atom stereocenters. The van der Waals surface area contributed by atoms with Crippen molar-refractivity contribution < 1.29 is 14.7 Å². The first-order chi connectivity index (χ1) is 9.07. The Hall–Kier alpha value is -1.10. The molecule has 0 radical (unpaired) electrons. The fourth-order valence-corrected chi connectivity index (χ4v) is 3.02. The molecular formula is C14H24N2O3. The van der Waals surface area contributed by atoms with E-state index in [0.717, 1.165) is 32.2 Å². The molecule has 2 rings (SSSR count). The van der Waals surface area contributed by atoms with Crippen LogP contribution in [0.3, 0.4) is 0 Å². The second-order valence-electron chi connectivity index (χ2n) is 5.96. The van der Waals surface area contributed by atoms with Gasteiger partial charge in [-0.25, -0.2) is 0 Å². The van der Waals surface area contributed by atoms with Gasteiger partial charge in [0.2, 0.25) is 5.91 Å². The van der Waals surface area contributed by atoms with Gasteiger partial charge >= 0.3 is 5.97 Å². The Bertz CT molecular complexity index is 353. The van der Waals surface area contributed by atoms with Crippen LogP contribution in [0.1, 0.15) is 45.4 Å². The Morgan fingerprint density at radius 3 is 2.68 bits per heavy atom. The minimum atomic E-state index is -0.776. The third kappa shape index (κ3) is 3.08. The van der Waals surface area contributed by atoms with Gasteiger partial charge in [0.15, 0.2) is 0 Å². The first-order valence-corrected chi connectivity index (χ1v) is 7.32. The first kappa shape index (κ1) is 14.3. The molecule has 0 aromatic rings. The Kier molecular flexibility index (Phi) is 4.45. The molecule has 0 aromatic heterocycles. The molecule has 2 aliphatic rings. The predicted molar refractivity (Wildman–Crippen MR) is 71.7 cm³/mol. The van der Waals surface area contributed by atoms with Crippen LogP contribution in [-0.2, 0) is 9.59 Å². The summed E-state index contributed by atoms with van der Waals surface area (Å²) < 4.78 is 0. The van der Waals surface area contributed by atoms with Crippen LogP contribution in [0.15, 0.2) is 0 Å². The number of rotatable bonds is 5. The maximum absolute atomic E-state index is 12.1. The predicted octanol–water partition coefficient (Wildman–Crippen LogP) is 1.14. The summed E-state index contributed by atoms with van der Waals surface area (Å²) in [5.41, 5.74) is -0.700. The van der Waals surface area contributed by atoms with Gasteiger partial charge in [-0.3, -0.25) is 9.59 Å². The maximum atomic E-state index is 12.1. The van der Waals surface area contributed by atoms with Gasteiger partial charge in [0.25, 0.3) is 0 Å². The van der Waals surface area contributed by atoms with E-state index in [0.29, 0.717) is 18.8 Å². The highest BCUT2D eigenvalue weighted by Crippen LogP contribution is 2.40. The zero-order valence-corrected chi connectivity index (χ0v) is 11.6. The van der Waals surface area contributed by atoms with Crippen LogP contribution >= 0.6 is 0 Å². The van der Waals surface area contributed by atoms with E-state index in [1.165, 1.54) is 0 Å². The molecule has 3 N–H and O–H groups in total. The molecule has 0 bridgehead atoms. The molecule has 1 saturated carbocycles. The van der Waals surface area contributed by atoms with Crippen molar-refractivity contribution in [1.29, 1.82) is 0 Å². The zero-order valence-electron chi connectivity index (χ0n) is 11.6. The molecular weight excluding hydrogens is 244 g/mol. The van der Waals surface area contributed by atoms with Crippen LogP contribution in [-0.4, -0.2) is 36.1 Å². The van der Waals surface area contributed by atoms with Crippen molar-refractivity contribution in [2.24, 2.45) is 11.3 Å². The van der Waals surface area contributed by atoms with E-state index < -0.39 is 11.4 Å². The molecule has 2 atom stereocenters. The highest BCUT2D eigenvalue weighted by Gasteiger charge is 2.44. The van der Waals surface area contributed by atoms with Crippen LogP contribution in [0.25, 0.3) is 0 Å². The van der Waals surface area contributed by atoms with Crippen LogP contribution in [0, 0.1) is 11.3 Å². The van der Waals surface area contributed by atoms with Crippen molar-refractivity contribution in [2.75, 3.05) is 13.1 Å². The Labute approximate surface area is 114 Å². The van der Waals surface area contributed by atoms with E-state index in [4.69, 9.17) is 0 Å². The molecule has 5 nitrogen and oxygen atoms in total. The summed E-state index contributed by atoms with van der Waals surface area (Å²) in [4.78, 5) is 23.3. The van der Waals surface area contributed by atoms with Crippen molar-refractivity contribution in [1.82, 2.24) is 10.6 Å². The van der Waals surface area contributed by atoms with Gasteiger partial charge in [-0.2, -0.15) is 0 Å². The number of hydrogen-bond acceptors (Lipinski definition) is 3. The van der Waals surface area contributed by atoms with E-state index in [9.17, 15) is 14.7 Å². The number of carboxylic acid groups (broad SMARTS) is 1. The lowest BCUT2D eigenvalue weighted by molar-refractivity contribution is -0.154. The average molecular weight is 268 g/mol. The fourth-order valence-electron chi connectivity index (χ4n) is 3.02. The molecule has 108 valence electrons. The average Bonchev–Trinajstić information content (AvgIpc) is 2.37. The van der Waals surface area contributed by atoms with Gasteiger partial charge in [-0.1, -0.05) is 19.8 Å². The van der Waals surface area contributed by atoms with Crippen molar-refractivity contribution in [3.8, 4) is 0 Å².